The molecule has 0 aliphatic rings. The minimum Gasteiger partial charge on any atom is -0.439 e. The van der Waals surface area contributed by atoms with Crippen LogP contribution in [0.4, 0.5) is 17.6 Å². The molecule has 1 heterocycles. The average molecular weight is 285 g/mol. The maximum atomic E-state index is 13.3. The number of rotatable bonds is 3. The molecule has 7 heteroatoms. The summed E-state index contributed by atoms with van der Waals surface area (Å²) in [7, 11) is 0. The zero-order chi connectivity index (χ0) is 14.8. The van der Waals surface area contributed by atoms with Crippen molar-refractivity contribution in [2.24, 2.45) is 0 Å². The van der Waals surface area contributed by atoms with Crippen molar-refractivity contribution in [1.29, 1.82) is 0 Å². The maximum absolute atomic E-state index is 13.3. The third kappa shape index (κ3) is 3.11. The molecule has 0 radical (unpaired) electrons. The molecule has 2 rings (SSSR count). The highest BCUT2D eigenvalue weighted by molar-refractivity contribution is 5.75. The fraction of sp³-hybridized carbons (Fsp3) is 0.0769. The summed E-state index contributed by atoms with van der Waals surface area (Å²) in [6.07, 6.45) is -4.27. The van der Waals surface area contributed by atoms with E-state index in [1.54, 1.807) is 0 Å². The van der Waals surface area contributed by atoms with Crippen molar-refractivity contribution >= 4 is 6.29 Å². The van der Waals surface area contributed by atoms with Gasteiger partial charge in [0, 0.05) is 12.1 Å². The third-order valence-corrected chi connectivity index (χ3v) is 2.34. The van der Waals surface area contributed by atoms with E-state index in [1.165, 1.54) is 12.1 Å². The summed E-state index contributed by atoms with van der Waals surface area (Å²) in [5.41, 5.74) is -1.28. The molecule has 3 nitrogen and oxygen atoms in total. The second kappa shape index (κ2) is 5.28. The van der Waals surface area contributed by atoms with Gasteiger partial charge in [-0.25, -0.2) is 9.37 Å². The average Bonchev–Trinajstić information content (AvgIpc) is 2.38. The Bertz CT molecular complexity index is 641. The van der Waals surface area contributed by atoms with Crippen LogP contribution >= 0.6 is 0 Å². The van der Waals surface area contributed by atoms with Gasteiger partial charge < -0.3 is 4.74 Å². The number of ether oxygens (including phenoxy) is 1. The van der Waals surface area contributed by atoms with Gasteiger partial charge in [0.15, 0.2) is 6.29 Å². The summed E-state index contributed by atoms with van der Waals surface area (Å²) < 4.78 is 55.7. The fourth-order valence-electron chi connectivity index (χ4n) is 1.42. The first-order chi connectivity index (χ1) is 9.40. The lowest BCUT2D eigenvalue weighted by molar-refractivity contribution is -0.141. The number of aromatic nitrogens is 1. The van der Waals surface area contributed by atoms with E-state index >= 15 is 0 Å². The van der Waals surface area contributed by atoms with Crippen LogP contribution in [0.2, 0.25) is 0 Å². The summed E-state index contributed by atoms with van der Waals surface area (Å²) in [6.45, 7) is 0. The van der Waals surface area contributed by atoms with Crippen LogP contribution in [0.3, 0.4) is 0 Å². The molecule has 20 heavy (non-hydrogen) atoms. The van der Waals surface area contributed by atoms with E-state index in [4.69, 9.17) is 4.74 Å². The fourth-order valence-corrected chi connectivity index (χ4v) is 1.42. The molecule has 1 aromatic heterocycles. The molecule has 0 aliphatic carbocycles. The normalized spacial score (nSPS) is 11.2. The Kier molecular flexibility index (Phi) is 3.69. The number of aldehydes is 1. The molecule has 0 amide bonds. The standard InChI is InChI=1S/C13H7F4NO2/c14-10-6-9(5-4-8(10)7-19)20-12-3-1-2-11(18-12)13(15,16)17/h1-7H. The minimum absolute atomic E-state index is 0.0556. The molecule has 104 valence electrons. The van der Waals surface area contributed by atoms with Crippen molar-refractivity contribution in [1.82, 2.24) is 4.98 Å². The highest BCUT2D eigenvalue weighted by atomic mass is 19.4. The number of hydrogen-bond donors (Lipinski definition) is 0. The van der Waals surface area contributed by atoms with E-state index < -0.39 is 17.7 Å². The van der Waals surface area contributed by atoms with Crippen LogP contribution in [-0.2, 0) is 6.18 Å². The van der Waals surface area contributed by atoms with Crippen molar-refractivity contribution < 1.29 is 27.1 Å². The second-order valence-corrected chi connectivity index (χ2v) is 3.76. The zero-order valence-electron chi connectivity index (χ0n) is 9.82. The summed E-state index contributed by atoms with van der Waals surface area (Å²) in [5, 5.41) is 0. The van der Waals surface area contributed by atoms with Crippen molar-refractivity contribution in [2.75, 3.05) is 0 Å². The molecule has 0 saturated heterocycles. The van der Waals surface area contributed by atoms with Gasteiger partial charge in [-0.3, -0.25) is 4.79 Å². The number of benzene rings is 1. The Hall–Kier alpha value is -2.44. The van der Waals surface area contributed by atoms with Gasteiger partial charge >= 0.3 is 6.18 Å². The topological polar surface area (TPSA) is 39.2 Å². The maximum Gasteiger partial charge on any atom is 0.433 e. The molecule has 1 aromatic carbocycles. The monoisotopic (exact) mass is 285 g/mol. The highest BCUT2D eigenvalue weighted by Gasteiger charge is 2.32. The van der Waals surface area contributed by atoms with Crippen molar-refractivity contribution in [3.63, 3.8) is 0 Å². The van der Waals surface area contributed by atoms with Crippen molar-refractivity contribution in [3.8, 4) is 11.6 Å². The number of hydrogen-bond acceptors (Lipinski definition) is 3. The predicted molar refractivity (Wildman–Crippen MR) is 61.1 cm³/mol. The molecule has 0 fully saturated rings. The molecule has 0 aliphatic heterocycles. The van der Waals surface area contributed by atoms with Crippen LogP contribution in [0, 0.1) is 5.82 Å². The summed E-state index contributed by atoms with van der Waals surface area (Å²) in [5.74, 6) is -1.21. The first-order valence-electron chi connectivity index (χ1n) is 5.37. The van der Waals surface area contributed by atoms with E-state index in [2.05, 4.69) is 4.98 Å². The molecule has 0 bridgehead atoms. The molecule has 0 saturated carbocycles. The Labute approximate surface area is 110 Å². The second-order valence-electron chi connectivity index (χ2n) is 3.76. The van der Waals surface area contributed by atoms with Crippen LogP contribution < -0.4 is 4.74 Å². The number of pyridine rings is 1. The van der Waals surface area contributed by atoms with Crippen LogP contribution in [-0.4, -0.2) is 11.3 Å². The van der Waals surface area contributed by atoms with Gasteiger partial charge in [0.2, 0.25) is 5.88 Å². The Morgan fingerprint density at radius 1 is 1.15 bits per heavy atom. The number of carbonyl (C=O) groups excluding carboxylic acids is 1. The molecule has 2 aromatic rings. The van der Waals surface area contributed by atoms with Gasteiger partial charge in [-0.05, 0) is 18.2 Å². The first-order valence-corrected chi connectivity index (χ1v) is 5.37. The Morgan fingerprint density at radius 3 is 2.50 bits per heavy atom. The SMILES string of the molecule is O=Cc1ccc(Oc2cccc(C(F)(F)F)n2)cc1F. The lowest BCUT2D eigenvalue weighted by Gasteiger charge is -2.09. The van der Waals surface area contributed by atoms with E-state index in [-0.39, 0.29) is 17.2 Å². The van der Waals surface area contributed by atoms with Gasteiger partial charge in [-0.1, -0.05) is 6.07 Å². The number of halogens is 4. The first kappa shape index (κ1) is 14.0. The van der Waals surface area contributed by atoms with Crippen LogP contribution in [0.1, 0.15) is 16.1 Å². The smallest absolute Gasteiger partial charge is 0.433 e. The van der Waals surface area contributed by atoms with Gasteiger partial charge in [-0.15, -0.1) is 0 Å². The van der Waals surface area contributed by atoms with Crippen LogP contribution in [0.25, 0.3) is 0 Å². The minimum atomic E-state index is -4.59. The van der Waals surface area contributed by atoms with Gasteiger partial charge in [0.1, 0.15) is 17.3 Å². The summed E-state index contributed by atoms with van der Waals surface area (Å²) >= 11 is 0. The number of alkyl halides is 3. The van der Waals surface area contributed by atoms with E-state index in [0.29, 0.717) is 6.29 Å². The highest BCUT2D eigenvalue weighted by Crippen LogP contribution is 2.30. The van der Waals surface area contributed by atoms with Crippen molar-refractivity contribution in [2.45, 2.75) is 6.18 Å². The van der Waals surface area contributed by atoms with E-state index in [9.17, 15) is 22.4 Å². The predicted octanol–water partition coefficient (Wildman–Crippen LogP) is 3.84. The largest absolute Gasteiger partial charge is 0.439 e. The lowest BCUT2D eigenvalue weighted by atomic mass is 10.2. The molecule has 0 atom stereocenters. The number of nitrogens with zero attached hydrogens (tertiary/aromatic N) is 1. The van der Waals surface area contributed by atoms with E-state index in [1.807, 2.05) is 0 Å². The Morgan fingerprint density at radius 2 is 1.90 bits per heavy atom. The molecule has 0 spiro atoms. The van der Waals surface area contributed by atoms with Crippen LogP contribution in [0.15, 0.2) is 36.4 Å². The third-order valence-electron chi connectivity index (χ3n) is 2.34. The van der Waals surface area contributed by atoms with Gasteiger partial charge in [0.05, 0.1) is 5.56 Å². The zero-order valence-corrected chi connectivity index (χ0v) is 9.82. The Balaban J connectivity index is 2.26. The van der Waals surface area contributed by atoms with E-state index in [0.717, 1.165) is 24.3 Å². The van der Waals surface area contributed by atoms with Gasteiger partial charge in [-0.2, -0.15) is 13.2 Å². The summed E-state index contributed by atoms with van der Waals surface area (Å²) in [4.78, 5) is 13.7. The molecule has 0 N–H and O–H groups in total. The van der Waals surface area contributed by atoms with Crippen LogP contribution in [0.5, 0.6) is 11.6 Å². The molecular formula is C13H7F4NO2. The van der Waals surface area contributed by atoms with Gasteiger partial charge in [0.25, 0.3) is 0 Å². The summed E-state index contributed by atoms with van der Waals surface area (Å²) in [6, 6.07) is 6.44. The quantitative estimate of drug-likeness (QED) is 0.635. The van der Waals surface area contributed by atoms with Crippen molar-refractivity contribution in [3.05, 3.63) is 53.5 Å². The number of carbonyl (C=O) groups is 1. The molecule has 0 unspecified atom stereocenters. The lowest BCUT2D eigenvalue weighted by Crippen LogP contribution is -2.08. The molecular weight excluding hydrogens is 278 g/mol.